The fraction of sp³-hybridized carbons (Fsp3) is 0.693. The number of fused-ring (bicyclic) bond motifs is 6. The number of ether oxygens (including phenoxy) is 7. The van der Waals surface area contributed by atoms with Gasteiger partial charge in [0.15, 0.2) is 19.8 Å². The molecule has 9 N–H and O–H groups in total. The maximum Gasteiger partial charge on any atom is 0.343 e. The summed E-state index contributed by atoms with van der Waals surface area (Å²) in [6, 6.07) is 17.8. The van der Waals surface area contributed by atoms with Crippen LogP contribution in [0.5, 0.6) is 17.2 Å². The van der Waals surface area contributed by atoms with Crippen LogP contribution in [0.4, 0.5) is 0 Å². The lowest BCUT2D eigenvalue weighted by molar-refractivity contribution is -0.150. The van der Waals surface area contributed by atoms with Gasteiger partial charge in [-0.1, -0.05) is 109 Å². The van der Waals surface area contributed by atoms with E-state index >= 15 is 0 Å². The Bertz CT molecular complexity index is 2730. The van der Waals surface area contributed by atoms with Gasteiger partial charge in [0.25, 0.3) is 0 Å². The molecule has 9 rings (SSSR count). The Labute approximate surface area is 558 Å². The van der Waals surface area contributed by atoms with Crippen molar-refractivity contribution >= 4 is 29.8 Å². The SMILES string of the molecule is CCCCC[C@@H](O)CC[C@@H]1C2Cc3cccc(OCC(=O)OC)c3CC2C[C@H]1O.CCCCC[C@@H](O)CC[C@@H]1C2Cc3cccc(OCC(=O)OC)c3CC2C[C@H]1O.CCCCC[C@H](CC[C@@H]1C2Cc3cccc(OCC(=O)O)c3CC2C[C@H]1OC(=O)CN)OC(=O)CN. The van der Waals surface area contributed by atoms with Crippen LogP contribution >= 0.6 is 0 Å². The zero-order valence-corrected chi connectivity index (χ0v) is 56.8. The predicted octanol–water partition coefficient (Wildman–Crippen LogP) is 9.95. The second-order valence-electron chi connectivity index (χ2n) is 27.5. The number of rotatable bonds is 34. The summed E-state index contributed by atoms with van der Waals surface area (Å²) in [6.07, 6.45) is 23.3. The Balaban J connectivity index is 0.000000201. The molecule has 0 bridgehead atoms. The van der Waals surface area contributed by atoms with E-state index in [1.165, 1.54) is 62.2 Å². The Morgan fingerprint density at radius 2 is 0.872 bits per heavy atom. The number of unbranched alkanes of at least 4 members (excludes halogenated alkanes) is 6. The zero-order valence-electron chi connectivity index (χ0n) is 56.8. The number of aliphatic carboxylic acids is 1. The molecule has 94 heavy (non-hydrogen) atoms. The van der Waals surface area contributed by atoms with E-state index < -0.39 is 17.9 Å². The Morgan fingerprint density at radius 1 is 0.479 bits per heavy atom. The van der Waals surface area contributed by atoms with Gasteiger partial charge in [0.2, 0.25) is 0 Å². The first-order chi connectivity index (χ1) is 45.4. The predicted molar refractivity (Wildman–Crippen MR) is 357 cm³/mol. The average Bonchev–Trinajstić information content (AvgIpc) is 1.59. The largest absolute Gasteiger partial charge is 0.482 e. The van der Waals surface area contributed by atoms with E-state index in [0.29, 0.717) is 41.8 Å². The van der Waals surface area contributed by atoms with Crippen molar-refractivity contribution < 1.29 is 82.7 Å². The lowest BCUT2D eigenvalue weighted by atomic mass is 9.73. The van der Waals surface area contributed by atoms with Gasteiger partial charge in [-0.2, -0.15) is 0 Å². The van der Waals surface area contributed by atoms with E-state index in [-0.39, 0.29) is 105 Å². The molecular weight excluding hydrogens is 1200 g/mol. The molecule has 3 saturated carbocycles. The van der Waals surface area contributed by atoms with Gasteiger partial charge in [0, 0.05) is 0 Å². The highest BCUT2D eigenvalue weighted by Gasteiger charge is 2.49. The summed E-state index contributed by atoms with van der Waals surface area (Å²) in [6.45, 7) is 5.63. The van der Waals surface area contributed by atoms with E-state index in [9.17, 15) is 44.4 Å². The number of aliphatic hydroxyl groups excluding tert-OH is 4. The molecule has 0 heterocycles. The Kier molecular flexibility index (Phi) is 31.2. The van der Waals surface area contributed by atoms with Gasteiger partial charge >= 0.3 is 29.8 Å². The lowest BCUT2D eigenvalue weighted by Crippen LogP contribution is -2.32. The molecule has 19 nitrogen and oxygen atoms in total. The van der Waals surface area contributed by atoms with E-state index in [0.717, 1.165) is 164 Å². The first kappa shape index (κ1) is 75.5. The van der Waals surface area contributed by atoms with Crippen LogP contribution in [-0.4, -0.2) is 139 Å². The van der Waals surface area contributed by atoms with Crippen LogP contribution in [-0.2, 0) is 81.4 Å². The van der Waals surface area contributed by atoms with E-state index in [1.807, 2.05) is 36.4 Å². The number of hydrogen-bond acceptors (Lipinski definition) is 18. The molecule has 6 aliphatic rings. The van der Waals surface area contributed by atoms with Crippen molar-refractivity contribution in [2.45, 2.75) is 231 Å². The normalized spacial score (nSPS) is 25.3. The van der Waals surface area contributed by atoms with Crippen molar-refractivity contribution in [2.24, 2.45) is 64.7 Å². The number of esters is 4. The van der Waals surface area contributed by atoms with Crippen LogP contribution in [0.3, 0.4) is 0 Å². The molecule has 6 unspecified atom stereocenters. The minimum atomic E-state index is -1.01. The minimum Gasteiger partial charge on any atom is -0.482 e. The number of nitrogens with two attached hydrogens (primary N) is 2. The number of methoxy groups -OCH3 is 2. The van der Waals surface area contributed by atoms with Crippen LogP contribution in [0.25, 0.3) is 0 Å². The highest BCUT2D eigenvalue weighted by atomic mass is 16.6. The number of carboxylic acid groups (broad SMARTS) is 1. The van der Waals surface area contributed by atoms with Crippen molar-refractivity contribution in [1.29, 1.82) is 0 Å². The van der Waals surface area contributed by atoms with Crippen molar-refractivity contribution in [3.05, 3.63) is 88.0 Å². The molecule has 6 aliphatic carbocycles. The molecule has 0 aliphatic heterocycles. The fourth-order valence-corrected chi connectivity index (χ4v) is 16.5. The first-order valence-corrected chi connectivity index (χ1v) is 35.5. The minimum absolute atomic E-state index is 0.0811. The van der Waals surface area contributed by atoms with Crippen LogP contribution in [0.1, 0.15) is 189 Å². The van der Waals surface area contributed by atoms with Gasteiger partial charge in [0.1, 0.15) is 29.5 Å². The molecule has 0 amide bonds. The molecule has 524 valence electrons. The first-order valence-electron chi connectivity index (χ1n) is 35.5. The summed E-state index contributed by atoms with van der Waals surface area (Å²) >= 11 is 0. The van der Waals surface area contributed by atoms with Gasteiger partial charge in [-0.15, -0.1) is 0 Å². The zero-order chi connectivity index (χ0) is 67.7. The summed E-state index contributed by atoms with van der Waals surface area (Å²) < 4.78 is 37.8. The van der Waals surface area contributed by atoms with Crippen molar-refractivity contribution in [3.63, 3.8) is 0 Å². The molecule has 3 aromatic carbocycles. The number of carbonyl (C=O) groups is 5. The topological polar surface area (TPSA) is 303 Å². The van der Waals surface area contributed by atoms with E-state index in [1.54, 1.807) is 0 Å². The van der Waals surface area contributed by atoms with E-state index in [2.05, 4.69) is 48.4 Å². The summed E-state index contributed by atoms with van der Waals surface area (Å²) in [7, 11) is 2.72. The highest BCUT2D eigenvalue weighted by molar-refractivity contribution is 5.72. The molecule has 0 saturated heterocycles. The van der Waals surface area contributed by atoms with Crippen molar-refractivity contribution in [1.82, 2.24) is 0 Å². The monoisotopic (exact) mass is 1310 g/mol. The number of aliphatic hydroxyl groups is 4. The lowest BCUT2D eigenvalue weighted by Gasteiger charge is -2.33. The Hall–Kier alpha value is -5.83. The molecule has 0 spiro atoms. The third kappa shape index (κ3) is 21.8. The molecule has 15 atom stereocenters. The second-order valence-corrected chi connectivity index (χ2v) is 27.5. The quantitative estimate of drug-likeness (QED) is 0.0166. The maximum atomic E-state index is 12.1. The van der Waals surface area contributed by atoms with Gasteiger partial charge < -0.3 is 70.2 Å². The molecule has 3 fully saturated rings. The second kappa shape index (κ2) is 38.8. The van der Waals surface area contributed by atoms with Crippen LogP contribution in [0.2, 0.25) is 0 Å². The highest BCUT2D eigenvalue weighted by Crippen LogP contribution is 2.52. The van der Waals surface area contributed by atoms with Gasteiger partial charge in [-0.05, 0) is 227 Å². The van der Waals surface area contributed by atoms with Crippen molar-refractivity contribution in [2.75, 3.05) is 47.1 Å². The number of benzene rings is 3. The summed E-state index contributed by atoms with van der Waals surface area (Å²) in [4.78, 5) is 57.9. The molecule has 0 aromatic heterocycles. The smallest absolute Gasteiger partial charge is 0.343 e. The molecule has 19 heteroatoms. The number of hydrogen-bond donors (Lipinski definition) is 7. The summed E-state index contributed by atoms with van der Waals surface area (Å²) in [5.41, 5.74) is 18.1. The Morgan fingerprint density at radius 3 is 1.28 bits per heavy atom. The standard InChI is InChI=1S/C27H40N2O7.2C24H36O5/c1-2-3-4-7-19(35-26(32)14-28)9-10-20-21-11-17-6-5-8-23(34-16-25(30)31)22(17)12-18(21)13-24(20)36-27(33)15-29;2*1-3-4-5-8-18(25)10-11-19-20-12-16-7-6-9-23(29-15-24(27)28-2)21(16)13-17(20)14-22(19)26/h5-6,8,18-21,24H,2-4,7,9-16,28-29H2,1H3,(H,30,31);2*6-7,9,17-20,22,25-26H,3-5,8,10-15H2,1-2H3/t18?,19-,20-,21?,24-;2*17?,18-,19-,20?,22-/m111/s1. The van der Waals surface area contributed by atoms with Crippen LogP contribution in [0.15, 0.2) is 54.6 Å². The van der Waals surface area contributed by atoms with Crippen LogP contribution < -0.4 is 25.7 Å². The number of carboxylic acids is 1. The average molecular weight is 1310 g/mol. The van der Waals surface area contributed by atoms with Crippen molar-refractivity contribution in [3.8, 4) is 17.2 Å². The van der Waals surface area contributed by atoms with Gasteiger partial charge in [-0.25, -0.2) is 14.4 Å². The molecule has 0 radical (unpaired) electrons. The van der Waals surface area contributed by atoms with Crippen LogP contribution in [0, 0.1) is 53.3 Å². The number of carbonyl (C=O) groups excluding carboxylic acids is 4. The summed E-state index contributed by atoms with van der Waals surface area (Å²) in [5.74, 6) is 2.51. The molecular formula is C75H112N2O17. The third-order valence-corrected chi connectivity index (χ3v) is 21.3. The maximum absolute atomic E-state index is 12.1. The third-order valence-electron chi connectivity index (χ3n) is 21.3. The molecule has 3 aromatic rings. The fourth-order valence-electron chi connectivity index (χ4n) is 16.5. The van der Waals surface area contributed by atoms with Gasteiger partial charge in [0.05, 0.1) is 51.7 Å². The summed E-state index contributed by atoms with van der Waals surface area (Å²) in [5, 5.41) is 51.1. The van der Waals surface area contributed by atoms with Gasteiger partial charge in [-0.3, -0.25) is 9.59 Å². The van der Waals surface area contributed by atoms with E-state index in [4.69, 9.17) is 40.3 Å².